The second-order valence-corrected chi connectivity index (χ2v) is 9.12. The highest BCUT2D eigenvalue weighted by Crippen LogP contribution is 2.25. The Kier molecular flexibility index (Phi) is 7.69. The average molecular weight is 417 g/mol. The van der Waals surface area contributed by atoms with Gasteiger partial charge in [-0.15, -0.1) is 11.8 Å². The SMILES string of the molecule is C[C@H]1CCCN(c2ccc([C@H](C)NC(=O)CSCc3cccc(Cl)c3)cc2)C1. The third kappa shape index (κ3) is 6.18. The van der Waals surface area contributed by atoms with E-state index in [1.165, 1.54) is 18.5 Å². The first-order valence-corrected chi connectivity index (χ1v) is 11.5. The molecule has 3 nitrogen and oxygen atoms in total. The Balaban J connectivity index is 1.45. The van der Waals surface area contributed by atoms with Crippen molar-refractivity contribution in [1.82, 2.24) is 5.32 Å². The minimum absolute atomic E-state index is 0.00796. The average Bonchev–Trinajstić information content (AvgIpc) is 2.68. The second kappa shape index (κ2) is 10.2. The highest BCUT2D eigenvalue weighted by atomic mass is 35.5. The van der Waals surface area contributed by atoms with Crippen LogP contribution in [-0.4, -0.2) is 24.7 Å². The van der Waals surface area contributed by atoms with Crippen molar-refractivity contribution in [2.75, 3.05) is 23.7 Å². The van der Waals surface area contributed by atoms with E-state index in [1.54, 1.807) is 11.8 Å². The maximum atomic E-state index is 12.3. The van der Waals surface area contributed by atoms with Gasteiger partial charge < -0.3 is 10.2 Å². The summed E-state index contributed by atoms with van der Waals surface area (Å²) in [4.78, 5) is 14.7. The smallest absolute Gasteiger partial charge is 0.230 e. The maximum absolute atomic E-state index is 12.3. The topological polar surface area (TPSA) is 32.3 Å². The molecule has 2 aromatic carbocycles. The largest absolute Gasteiger partial charge is 0.371 e. The minimum atomic E-state index is 0.00796. The molecule has 1 fully saturated rings. The molecule has 0 unspecified atom stereocenters. The molecule has 1 aliphatic heterocycles. The summed E-state index contributed by atoms with van der Waals surface area (Å²) in [7, 11) is 0. The number of halogens is 1. The molecular weight excluding hydrogens is 388 g/mol. The van der Waals surface area contributed by atoms with Crippen molar-refractivity contribution in [3.63, 3.8) is 0 Å². The van der Waals surface area contributed by atoms with Crippen LogP contribution < -0.4 is 10.2 Å². The van der Waals surface area contributed by atoms with Gasteiger partial charge in [0, 0.05) is 29.6 Å². The molecule has 0 spiro atoms. The lowest BCUT2D eigenvalue weighted by Gasteiger charge is -2.33. The predicted octanol–water partition coefficient (Wildman–Crippen LogP) is 5.69. The highest BCUT2D eigenvalue weighted by Gasteiger charge is 2.17. The maximum Gasteiger partial charge on any atom is 0.230 e. The summed E-state index contributed by atoms with van der Waals surface area (Å²) < 4.78 is 0. The van der Waals surface area contributed by atoms with Gasteiger partial charge in [0.05, 0.1) is 11.8 Å². The Bertz CT molecular complexity index is 780. The van der Waals surface area contributed by atoms with Crippen molar-refractivity contribution in [1.29, 1.82) is 0 Å². The standard InChI is InChI=1S/C23H29ClN2OS/c1-17-5-4-12-26(14-17)22-10-8-20(9-11-22)18(2)25-23(27)16-28-15-19-6-3-7-21(24)13-19/h3,6-11,13,17-18H,4-5,12,14-16H2,1-2H3,(H,25,27)/t17-,18-/m0/s1. The number of hydrogen-bond donors (Lipinski definition) is 1. The zero-order valence-corrected chi connectivity index (χ0v) is 18.2. The summed E-state index contributed by atoms with van der Waals surface area (Å²) in [5, 5.41) is 3.84. The Morgan fingerprint density at radius 3 is 2.79 bits per heavy atom. The molecule has 2 aromatic rings. The lowest BCUT2D eigenvalue weighted by atomic mass is 9.99. The molecule has 1 heterocycles. The summed E-state index contributed by atoms with van der Waals surface area (Å²) in [6.07, 6.45) is 2.59. The molecule has 28 heavy (non-hydrogen) atoms. The number of amides is 1. The summed E-state index contributed by atoms with van der Waals surface area (Å²) in [5.74, 6) is 2.05. The van der Waals surface area contributed by atoms with Crippen molar-refractivity contribution in [2.24, 2.45) is 5.92 Å². The lowest BCUT2D eigenvalue weighted by molar-refractivity contribution is -0.119. The van der Waals surface area contributed by atoms with Crippen molar-refractivity contribution >= 4 is 35.0 Å². The number of nitrogens with zero attached hydrogens (tertiary/aromatic N) is 1. The molecular formula is C23H29ClN2OS. The molecule has 5 heteroatoms. The molecule has 1 N–H and O–H groups in total. The van der Waals surface area contributed by atoms with Crippen molar-refractivity contribution in [3.8, 4) is 0 Å². The molecule has 0 radical (unpaired) electrons. The third-order valence-corrected chi connectivity index (χ3v) is 6.42. The van der Waals surface area contributed by atoms with Gasteiger partial charge in [-0.05, 0) is 61.1 Å². The van der Waals surface area contributed by atoms with Crippen LogP contribution in [0.1, 0.15) is 43.9 Å². The number of thioether (sulfide) groups is 1. The molecule has 0 saturated carbocycles. The molecule has 150 valence electrons. The van der Waals surface area contributed by atoms with Crippen LogP contribution in [0.15, 0.2) is 48.5 Å². The van der Waals surface area contributed by atoms with Crippen molar-refractivity contribution < 1.29 is 4.79 Å². The van der Waals surface area contributed by atoms with Crippen LogP contribution in [0.25, 0.3) is 0 Å². The first-order chi connectivity index (χ1) is 13.5. The van der Waals surface area contributed by atoms with E-state index in [9.17, 15) is 4.79 Å². The fraction of sp³-hybridized carbons (Fsp3) is 0.435. The first-order valence-electron chi connectivity index (χ1n) is 9.97. The van der Waals surface area contributed by atoms with Crippen LogP contribution in [0.4, 0.5) is 5.69 Å². The number of nitrogens with one attached hydrogen (secondary N) is 1. The van der Waals surface area contributed by atoms with Crippen LogP contribution in [0.5, 0.6) is 0 Å². The van der Waals surface area contributed by atoms with Crippen molar-refractivity contribution in [3.05, 3.63) is 64.7 Å². The van der Waals surface area contributed by atoms with E-state index in [0.29, 0.717) is 5.75 Å². The zero-order valence-electron chi connectivity index (χ0n) is 16.7. The van der Waals surface area contributed by atoms with Gasteiger partial charge in [0.1, 0.15) is 0 Å². The normalized spacial score (nSPS) is 18.0. The van der Waals surface area contributed by atoms with E-state index in [2.05, 4.69) is 41.4 Å². The number of piperidine rings is 1. The molecule has 0 aliphatic carbocycles. The second-order valence-electron chi connectivity index (χ2n) is 7.70. The predicted molar refractivity (Wildman–Crippen MR) is 121 cm³/mol. The van der Waals surface area contributed by atoms with Crippen LogP contribution in [0, 0.1) is 5.92 Å². The summed E-state index contributed by atoms with van der Waals surface area (Å²) in [6, 6.07) is 16.4. The van der Waals surface area contributed by atoms with Gasteiger partial charge in [0.15, 0.2) is 0 Å². The minimum Gasteiger partial charge on any atom is -0.371 e. The summed E-state index contributed by atoms with van der Waals surface area (Å²) in [5.41, 5.74) is 3.56. The van der Waals surface area contributed by atoms with Gasteiger partial charge >= 0.3 is 0 Å². The number of hydrogen-bond acceptors (Lipinski definition) is 3. The molecule has 1 amide bonds. The number of anilines is 1. The molecule has 2 atom stereocenters. The van der Waals surface area contributed by atoms with Gasteiger partial charge in [0.2, 0.25) is 5.91 Å². The van der Waals surface area contributed by atoms with Gasteiger partial charge in [-0.25, -0.2) is 0 Å². The fourth-order valence-electron chi connectivity index (χ4n) is 3.65. The van der Waals surface area contributed by atoms with Gasteiger partial charge in [-0.3, -0.25) is 4.79 Å². The number of carbonyl (C=O) groups is 1. The fourth-order valence-corrected chi connectivity index (χ4v) is 4.65. The molecule has 0 bridgehead atoms. The van der Waals surface area contributed by atoms with Gasteiger partial charge in [-0.2, -0.15) is 0 Å². The van der Waals surface area contributed by atoms with E-state index >= 15 is 0 Å². The van der Waals surface area contributed by atoms with Crippen molar-refractivity contribution in [2.45, 2.75) is 38.5 Å². The number of carbonyl (C=O) groups excluding carboxylic acids is 1. The lowest BCUT2D eigenvalue weighted by Crippen LogP contribution is -2.34. The molecule has 1 saturated heterocycles. The quantitative estimate of drug-likeness (QED) is 0.629. The van der Waals surface area contributed by atoms with Gasteiger partial charge in [-0.1, -0.05) is 42.8 Å². The summed E-state index contributed by atoms with van der Waals surface area (Å²) in [6.45, 7) is 6.63. The van der Waals surface area contributed by atoms with Crippen LogP contribution in [-0.2, 0) is 10.5 Å². The zero-order chi connectivity index (χ0) is 19.9. The van der Waals surface area contributed by atoms with E-state index < -0.39 is 0 Å². The van der Waals surface area contributed by atoms with E-state index in [1.807, 2.05) is 31.2 Å². The van der Waals surface area contributed by atoms with E-state index in [0.717, 1.165) is 40.9 Å². The van der Waals surface area contributed by atoms with Crippen LogP contribution in [0.2, 0.25) is 5.02 Å². The Morgan fingerprint density at radius 2 is 2.07 bits per heavy atom. The highest BCUT2D eigenvalue weighted by molar-refractivity contribution is 7.99. The van der Waals surface area contributed by atoms with E-state index in [4.69, 9.17) is 11.6 Å². The Labute approximate surface area is 177 Å². The number of rotatable bonds is 7. The summed E-state index contributed by atoms with van der Waals surface area (Å²) >= 11 is 7.60. The first kappa shape index (κ1) is 21.1. The van der Waals surface area contributed by atoms with Gasteiger partial charge in [0.25, 0.3) is 0 Å². The van der Waals surface area contributed by atoms with Crippen LogP contribution in [0.3, 0.4) is 0 Å². The number of benzene rings is 2. The third-order valence-electron chi connectivity index (χ3n) is 5.18. The Hall–Kier alpha value is -1.65. The Morgan fingerprint density at radius 1 is 1.29 bits per heavy atom. The monoisotopic (exact) mass is 416 g/mol. The molecule has 1 aliphatic rings. The van der Waals surface area contributed by atoms with E-state index in [-0.39, 0.29) is 11.9 Å². The molecule has 3 rings (SSSR count). The van der Waals surface area contributed by atoms with Crippen LogP contribution >= 0.6 is 23.4 Å². The molecule has 0 aromatic heterocycles.